The Morgan fingerprint density at radius 2 is 1.65 bits per heavy atom. The van der Waals surface area contributed by atoms with Gasteiger partial charge in [0.05, 0.1) is 18.1 Å². The van der Waals surface area contributed by atoms with Gasteiger partial charge in [-0.15, -0.1) is 0 Å². The molecule has 26 heavy (non-hydrogen) atoms. The molecule has 3 heteroatoms. The Kier molecular flexibility index (Phi) is 4.28. The van der Waals surface area contributed by atoms with Gasteiger partial charge in [-0.1, -0.05) is 48.5 Å². The van der Waals surface area contributed by atoms with Gasteiger partial charge in [-0.25, -0.2) is 0 Å². The van der Waals surface area contributed by atoms with E-state index in [1.54, 1.807) is 13.4 Å². The number of rotatable bonds is 4. The van der Waals surface area contributed by atoms with Crippen molar-refractivity contribution < 1.29 is 9.15 Å². The van der Waals surface area contributed by atoms with Gasteiger partial charge in [0.1, 0.15) is 17.6 Å². The number of ether oxygens (including phenoxy) is 1. The number of benzene rings is 3. The maximum Gasteiger partial charge on any atom is 0.200 e. The van der Waals surface area contributed by atoms with Crippen molar-refractivity contribution in [3.05, 3.63) is 100 Å². The van der Waals surface area contributed by atoms with Crippen molar-refractivity contribution >= 4 is 11.0 Å². The third-order valence-corrected chi connectivity index (χ3v) is 4.49. The first-order chi connectivity index (χ1) is 12.7. The van der Waals surface area contributed by atoms with Gasteiger partial charge < -0.3 is 9.15 Å². The second-order valence-electron chi connectivity index (χ2n) is 6.20. The van der Waals surface area contributed by atoms with E-state index in [2.05, 4.69) is 12.1 Å². The van der Waals surface area contributed by atoms with Crippen molar-refractivity contribution in [3.63, 3.8) is 0 Å². The SMILES string of the molecule is COc1ccc(-c2coc3cc(Cc4ccccc4)ccc3c2=O)cc1. The van der Waals surface area contributed by atoms with Crippen LogP contribution >= 0.6 is 0 Å². The molecule has 1 aromatic heterocycles. The summed E-state index contributed by atoms with van der Waals surface area (Å²) in [6, 6.07) is 23.4. The number of hydrogen-bond donors (Lipinski definition) is 0. The molecule has 0 N–H and O–H groups in total. The second kappa shape index (κ2) is 6.89. The van der Waals surface area contributed by atoms with Crippen LogP contribution in [0.2, 0.25) is 0 Å². The highest BCUT2D eigenvalue weighted by molar-refractivity contribution is 5.82. The predicted molar refractivity (Wildman–Crippen MR) is 104 cm³/mol. The lowest BCUT2D eigenvalue weighted by atomic mass is 10.0. The lowest BCUT2D eigenvalue weighted by Gasteiger charge is -2.06. The van der Waals surface area contributed by atoms with Crippen LogP contribution in [0.15, 0.2) is 88.3 Å². The van der Waals surface area contributed by atoms with E-state index in [4.69, 9.17) is 9.15 Å². The Hall–Kier alpha value is -3.33. The Balaban J connectivity index is 1.71. The zero-order valence-electron chi connectivity index (χ0n) is 14.4. The van der Waals surface area contributed by atoms with Gasteiger partial charge in [-0.05, 0) is 47.4 Å². The van der Waals surface area contributed by atoms with Crippen LogP contribution in [0.4, 0.5) is 0 Å². The first-order valence-electron chi connectivity index (χ1n) is 8.47. The van der Waals surface area contributed by atoms with Crippen LogP contribution in [0.1, 0.15) is 11.1 Å². The molecule has 0 aliphatic heterocycles. The molecule has 0 atom stereocenters. The summed E-state index contributed by atoms with van der Waals surface area (Å²) in [4.78, 5) is 12.9. The van der Waals surface area contributed by atoms with Gasteiger partial charge in [-0.2, -0.15) is 0 Å². The van der Waals surface area contributed by atoms with Crippen LogP contribution in [0, 0.1) is 0 Å². The van der Waals surface area contributed by atoms with Crippen LogP contribution in [0.25, 0.3) is 22.1 Å². The third-order valence-electron chi connectivity index (χ3n) is 4.49. The van der Waals surface area contributed by atoms with E-state index < -0.39 is 0 Å². The van der Waals surface area contributed by atoms with Crippen LogP contribution in [0.3, 0.4) is 0 Å². The van der Waals surface area contributed by atoms with E-state index in [0.717, 1.165) is 23.3 Å². The van der Waals surface area contributed by atoms with Crippen molar-refractivity contribution in [2.45, 2.75) is 6.42 Å². The Bertz CT molecular complexity index is 1090. The zero-order valence-corrected chi connectivity index (χ0v) is 14.4. The number of methoxy groups -OCH3 is 1. The summed E-state index contributed by atoms with van der Waals surface area (Å²) in [5, 5.41) is 0.593. The van der Waals surface area contributed by atoms with Crippen molar-refractivity contribution in [1.29, 1.82) is 0 Å². The molecular weight excluding hydrogens is 324 g/mol. The van der Waals surface area contributed by atoms with Crippen molar-refractivity contribution in [2.24, 2.45) is 0 Å². The summed E-state index contributed by atoms with van der Waals surface area (Å²) in [6.07, 6.45) is 2.35. The van der Waals surface area contributed by atoms with Gasteiger partial charge in [-0.3, -0.25) is 4.79 Å². The molecule has 0 fully saturated rings. The van der Waals surface area contributed by atoms with E-state index in [1.165, 1.54) is 5.56 Å². The van der Waals surface area contributed by atoms with Gasteiger partial charge in [0.2, 0.25) is 0 Å². The molecule has 0 unspecified atom stereocenters. The largest absolute Gasteiger partial charge is 0.497 e. The summed E-state index contributed by atoms with van der Waals surface area (Å²) >= 11 is 0. The summed E-state index contributed by atoms with van der Waals surface area (Å²) in [6.45, 7) is 0. The van der Waals surface area contributed by atoms with Crippen LogP contribution in [0.5, 0.6) is 5.75 Å². The molecule has 0 radical (unpaired) electrons. The molecule has 0 bridgehead atoms. The van der Waals surface area contributed by atoms with Crippen LogP contribution in [-0.2, 0) is 6.42 Å². The topological polar surface area (TPSA) is 39.4 Å². The molecule has 4 aromatic rings. The second-order valence-corrected chi connectivity index (χ2v) is 6.20. The molecule has 4 rings (SSSR count). The molecule has 0 aliphatic carbocycles. The number of hydrogen-bond acceptors (Lipinski definition) is 3. The maximum absolute atomic E-state index is 12.9. The molecule has 128 valence electrons. The summed E-state index contributed by atoms with van der Waals surface area (Å²) < 4.78 is 10.9. The lowest BCUT2D eigenvalue weighted by molar-refractivity contribution is 0.415. The summed E-state index contributed by atoms with van der Waals surface area (Å²) in [5.41, 5.74) is 4.29. The minimum atomic E-state index is -0.0253. The lowest BCUT2D eigenvalue weighted by Crippen LogP contribution is -2.05. The average molecular weight is 342 g/mol. The van der Waals surface area contributed by atoms with Gasteiger partial charge in [0, 0.05) is 0 Å². The fourth-order valence-corrected chi connectivity index (χ4v) is 3.08. The molecule has 0 spiro atoms. The smallest absolute Gasteiger partial charge is 0.200 e. The highest BCUT2D eigenvalue weighted by Crippen LogP contribution is 2.23. The van der Waals surface area contributed by atoms with Crippen LogP contribution < -0.4 is 10.2 Å². The fraction of sp³-hybridized carbons (Fsp3) is 0.0870. The van der Waals surface area contributed by atoms with E-state index in [0.29, 0.717) is 16.5 Å². The first kappa shape index (κ1) is 16.2. The molecule has 1 heterocycles. The fourth-order valence-electron chi connectivity index (χ4n) is 3.08. The molecule has 0 saturated carbocycles. The molecule has 0 aliphatic rings. The van der Waals surface area contributed by atoms with Crippen molar-refractivity contribution in [3.8, 4) is 16.9 Å². The van der Waals surface area contributed by atoms with Gasteiger partial charge in [0.15, 0.2) is 5.43 Å². The zero-order chi connectivity index (χ0) is 17.9. The minimum absolute atomic E-state index is 0.0253. The highest BCUT2D eigenvalue weighted by Gasteiger charge is 2.10. The normalized spacial score (nSPS) is 10.8. The minimum Gasteiger partial charge on any atom is -0.497 e. The average Bonchev–Trinajstić information content (AvgIpc) is 2.69. The standard InChI is InChI=1S/C23H18O3/c1-25-19-10-8-18(9-11-19)21-15-26-22-14-17(7-12-20(22)23(21)24)13-16-5-3-2-4-6-16/h2-12,14-15H,13H2,1H3. The Morgan fingerprint density at radius 3 is 2.38 bits per heavy atom. The Labute approximate surface area is 151 Å². The molecular formula is C23H18O3. The van der Waals surface area contributed by atoms with Gasteiger partial charge >= 0.3 is 0 Å². The maximum atomic E-state index is 12.9. The van der Waals surface area contributed by atoms with E-state index in [1.807, 2.05) is 60.7 Å². The highest BCUT2D eigenvalue weighted by atomic mass is 16.5. The van der Waals surface area contributed by atoms with E-state index >= 15 is 0 Å². The molecule has 3 nitrogen and oxygen atoms in total. The van der Waals surface area contributed by atoms with Gasteiger partial charge in [0.25, 0.3) is 0 Å². The van der Waals surface area contributed by atoms with Crippen molar-refractivity contribution in [2.75, 3.05) is 7.11 Å². The summed E-state index contributed by atoms with van der Waals surface area (Å²) in [5.74, 6) is 0.754. The monoisotopic (exact) mass is 342 g/mol. The summed E-state index contributed by atoms with van der Waals surface area (Å²) in [7, 11) is 1.62. The first-order valence-corrected chi connectivity index (χ1v) is 8.47. The third kappa shape index (κ3) is 3.11. The van der Waals surface area contributed by atoms with E-state index in [-0.39, 0.29) is 5.43 Å². The van der Waals surface area contributed by atoms with Crippen LogP contribution in [-0.4, -0.2) is 7.11 Å². The molecule has 3 aromatic carbocycles. The Morgan fingerprint density at radius 1 is 0.885 bits per heavy atom. The molecule has 0 amide bonds. The number of fused-ring (bicyclic) bond motifs is 1. The molecule has 0 saturated heterocycles. The quantitative estimate of drug-likeness (QED) is 0.520. The van der Waals surface area contributed by atoms with E-state index in [9.17, 15) is 4.79 Å². The predicted octanol–water partition coefficient (Wildman–Crippen LogP) is 5.06. The van der Waals surface area contributed by atoms with Crippen molar-refractivity contribution in [1.82, 2.24) is 0 Å².